The van der Waals surface area contributed by atoms with Crippen LogP contribution in [0.4, 0.5) is 23.0 Å². The van der Waals surface area contributed by atoms with E-state index in [1.54, 1.807) is 11.3 Å². The van der Waals surface area contributed by atoms with Crippen molar-refractivity contribution in [3.8, 4) is 11.6 Å². The van der Waals surface area contributed by atoms with Crippen LogP contribution < -0.4 is 20.0 Å². The van der Waals surface area contributed by atoms with Crippen molar-refractivity contribution in [1.29, 1.82) is 0 Å². The molecule has 0 saturated carbocycles. The van der Waals surface area contributed by atoms with Crippen molar-refractivity contribution in [2.24, 2.45) is 0 Å². The van der Waals surface area contributed by atoms with Crippen LogP contribution in [0.25, 0.3) is 10.2 Å². The molecule has 0 bridgehead atoms. The number of thiophene rings is 1. The van der Waals surface area contributed by atoms with Crippen LogP contribution in [-0.2, 0) is 0 Å². The fraction of sp³-hybridized carbons (Fsp3) is 0.217. The number of fused-ring (bicyclic) bond motifs is 1. The van der Waals surface area contributed by atoms with E-state index < -0.39 is 0 Å². The molecular formula is C23H25N6OPS. The molecule has 1 aliphatic rings. The number of benzene rings is 2. The topological polar surface area (TPSA) is 65.5 Å². The van der Waals surface area contributed by atoms with Gasteiger partial charge in [-0.05, 0) is 64.3 Å². The van der Waals surface area contributed by atoms with E-state index >= 15 is 0 Å². The van der Waals surface area contributed by atoms with Crippen molar-refractivity contribution in [3.05, 3.63) is 60.0 Å². The second kappa shape index (κ2) is 9.28. The molecule has 5 rings (SSSR count). The second-order valence-electron chi connectivity index (χ2n) is 7.72. The van der Waals surface area contributed by atoms with Gasteiger partial charge in [0.15, 0.2) is 0 Å². The lowest BCUT2D eigenvalue weighted by atomic mass is 10.2. The predicted molar refractivity (Wildman–Crippen MR) is 137 cm³/mol. The number of nitrogens with zero attached hydrogens (tertiary/aromatic N) is 4. The van der Waals surface area contributed by atoms with Crippen molar-refractivity contribution in [3.63, 3.8) is 0 Å². The van der Waals surface area contributed by atoms with E-state index in [4.69, 9.17) is 4.74 Å². The summed E-state index contributed by atoms with van der Waals surface area (Å²) < 4.78 is 7.06. The quantitative estimate of drug-likeness (QED) is 0.381. The molecule has 3 heterocycles. The Labute approximate surface area is 193 Å². The number of rotatable bonds is 6. The van der Waals surface area contributed by atoms with Crippen molar-refractivity contribution < 1.29 is 4.74 Å². The van der Waals surface area contributed by atoms with Crippen molar-refractivity contribution in [1.82, 2.24) is 14.9 Å². The number of hydrogen-bond acceptors (Lipinski definition) is 8. The first-order chi connectivity index (χ1) is 15.7. The molecule has 1 aliphatic heterocycles. The highest BCUT2D eigenvalue weighted by molar-refractivity contribution is 7.18. The molecule has 9 heteroatoms. The molecule has 1 unspecified atom stereocenters. The fourth-order valence-corrected chi connectivity index (χ4v) is 4.61. The fourth-order valence-electron chi connectivity index (χ4n) is 3.67. The molecule has 4 aromatic rings. The summed E-state index contributed by atoms with van der Waals surface area (Å²) in [6, 6.07) is 18.2. The summed E-state index contributed by atoms with van der Waals surface area (Å²) in [6.45, 7) is 4.28. The number of anilines is 4. The molecule has 2 aromatic heterocycles. The van der Waals surface area contributed by atoms with Crippen LogP contribution in [0.5, 0.6) is 11.6 Å². The van der Waals surface area contributed by atoms with Gasteiger partial charge in [-0.15, -0.1) is 11.3 Å². The predicted octanol–water partition coefficient (Wildman–Crippen LogP) is 5.18. The standard InChI is InChI=1S/C23H25N6OPS/c1-28-10-12-29(13-11-28)18-7-5-16(6-8-18)24-23-25-20-9-14-32-21(20)22(26-23)30-19-4-2-3-17(15-19)27-31/h2-9,14-15,27H,10-13,31H2,1H3,(H,24,25,26). The summed E-state index contributed by atoms with van der Waals surface area (Å²) >= 11 is 1.57. The minimum absolute atomic E-state index is 0.513. The van der Waals surface area contributed by atoms with Crippen LogP contribution >= 0.6 is 20.7 Å². The Bertz CT molecular complexity index is 1210. The molecule has 0 spiro atoms. The molecule has 0 radical (unpaired) electrons. The highest BCUT2D eigenvalue weighted by atomic mass is 32.1. The van der Waals surface area contributed by atoms with Crippen LogP contribution in [0, 0.1) is 0 Å². The molecular weight excluding hydrogens is 439 g/mol. The first kappa shape index (κ1) is 20.9. The zero-order chi connectivity index (χ0) is 21.9. The van der Waals surface area contributed by atoms with Gasteiger partial charge in [-0.3, -0.25) is 0 Å². The number of piperazine rings is 1. The van der Waals surface area contributed by atoms with Gasteiger partial charge in [-0.2, -0.15) is 4.98 Å². The monoisotopic (exact) mass is 464 g/mol. The van der Waals surface area contributed by atoms with E-state index in [2.05, 4.69) is 70.9 Å². The van der Waals surface area contributed by atoms with E-state index in [0.29, 0.717) is 17.6 Å². The molecule has 7 nitrogen and oxygen atoms in total. The van der Waals surface area contributed by atoms with Crippen molar-refractivity contribution in [2.75, 3.05) is 48.5 Å². The first-order valence-corrected chi connectivity index (χ1v) is 11.9. The molecule has 164 valence electrons. The Hall–Kier alpha value is -2.93. The Morgan fingerprint density at radius 2 is 1.78 bits per heavy atom. The van der Waals surface area contributed by atoms with Gasteiger partial charge >= 0.3 is 0 Å². The van der Waals surface area contributed by atoms with Gasteiger partial charge in [0, 0.05) is 49.3 Å². The Balaban J connectivity index is 1.36. The Kier molecular flexibility index (Phi) is 6.08. The zero-order valence-electron chi connectivity index (χ0n) is 17.8. The maximum atomic E-state index is 6.14. The van der Waals surface area contributed by atoms with E-state index in [9.17, 15) is 0 Å². The van der Waals surface area contributed by atoms with Crippen LogP contribution in [0.2, 0.25) is 0 Å². The number of hydrogen-bond donors (Lipinski definition) is 2. The maximum Gasteiger partial charge on any atom is 0.242 e. The molecule has 1 saturated heterocycles. The van der Waals surface area contributed by atoms with Gasteiger partial charge in [0.2, 0.25) is 11.8 Å². The van der Waals surface area contributed by atoms with Crippen molar-refractivity contribution >= 4 is 54.0 Å². The Morgan fingerprint density at radius 3 is 2.56 bits per heavy atom. The summed E-state index contributed by atoms with van der Waals surface area (Å²) in [5.41, 5.74) is 3.99. The van der Waals surface area contributed by atoms with E-state index in [-0.39, 0.29) is 0 Å². The summed E-state index contributed by atoms with van der Waals surface area (Å²) in [5.74, 6) is 1.77. The van der Waals surface area contributed by atoms with Gasteiger partial charge in [0.25, 0.3) is 0 Å². The molecule has 1 fully saturated rings. The molecule has 2 aromatic carbocycles. The van der Waals surface area contributed by atoms with Gasteiger partial charge in [0.1, 0.15) is 10.4 Å². The maximum absolute atomic E-state index is 6.14. The van der Waals surface area contributed by atoms with E-state index in [1.165, 1.54) is 5.69 Å². The second-order valence-corrected chi connectivity index (χ2v) is 8.93. The lowest BCUT2D eigenvalue weighted by Crippen LogP contribution is -2.44. The normalized spacial score (nSPS) is 14.5. The average Bonchev–Trinajstić information content (AvgIpc) is 3.29. The number of aromatic nitrogens is 2. The van der Waals surface area contributed by atoms with Crippen LogP contribution in [-0.4, -0.2) is 48.1 Å². The lowest BCUT2D eigenvalue weighted by Gasteiger charge is -2.34. The van der Waals surface area contributed by atoms with Gasteiger partial charge in [-0.25, -0.2) is 4.98 Å². The lowest BCUT2D eigenvalue weighted by molar-refractivity contribution is 0.313. The van der Waals surface area contributed by atoms with E-state index in [0.717, 1.165) is 47.8 Å². The van der Waals surface area contributed by atoms with Crippen molar-refractivity contribution in [2.45, 2.75) is 0 Å². The number of nitrogens with one attached hydrogen (secondary N) is 2. The third-order valence-electron chi connectivity index (χ3n) is 5.48. The average molecular weight is 465 g/mol. The number of ether oxygens (including phenoxy) is 1. The largest absolute Gasteiger partial charge is 0.437 e. The first-order valence-electron chi connectivity index (χ1n) is 10.5. The van der Waals surface area contributed by atoms with Gasteiger partial charge in [0.05, 0.1) is 5.52 Å². The highest BCUT2D eigenvalue weighted by Crippen LogP contribution is 2.34. The molecule has 0 aliphatic carbocycles. The van der Waals surface area contributed by atoms with E-state index in [1.807, 2.05) is 35.7 Å². The van der Waals surface area contributed by atoms with Gasteiger partial charge in [-0.1, -0.05) is 6.07 Å². The third kappa shape index (κ3) is 4.63. The van der Waals surface area contributed by atoms with Crippen LogP contribution in [0.1, 0.15) is 0 Å². The highest BCUT2D eigenvalue weighted by Gasteiger charge is 2.15. The third-order valence-corrected chi connectivity index (χ3v) is 6.70. The molecule has 0 amide bonds. The molecule has 32 heavy (non-hydrogen) atoms. The van der Waals surface area contributed by atoms with Gasteiger partial charge < -0.3 is 24.9 Å². The summed E-state index contributed by atoms with van der Waals surface area (Å²) in [5, 5.41) is 8.38. The smallest absolute Gasteiger partial charge is 0.242 e. The zero-order valence-corrected chi connectivity index (χ0v) is 19.8. The molecule has 1 atom stereocenters. The SMILES string of the molecule is CN1CCN(c2ccc(Nc3nc(Oc4cccc(NP)c4)c4sccc4n3)cc2)CC1. The Morgan fingerprint density at radius 1 is 0.969 bits per heavy atom. The molecule has 2 N–H and O–H groups in total. The minimum atomic E-state index is 0.513. The summed E-state index contributed by atoms with van der Waals surface area (Å²) in [6.07, 6.45) is 0. The summed E-state index contributed by atoms with van der Waals surface area (Å²) in [7, 11) is 4.66. The minimum Gasteiger partial charge on any atom is -0.437 e. The summed E-state index contributed by atoms with van der Waals surface area (Å²) in [4.78, 5) is 14.1. The van der Waals surface area contributed by atoms with Crippen LogP contribution in [0.3, 0.4) is 0 Å². The van der Waals surface area contributed by atoms with Crippen LogP contribution in [0.15, 0.2) is 60.0 Å². The number of likely N-dealkylation sites (N-methyl/N-ethyl adjacent to an activating group) is 1.